The van der Waals surface area contributed by atoms with Crippen LogP contribution in [-0.4, -0.2) is 95.3 Å². The number of hydrogen-bond acceptors (Lipinski definition) is 5. The second kappa shape index (κ2) is 8.18. The van der Waals surface area contributed by atoms with E-state index in [2.05, 4.69) is 10.00 Å². The first kappa shape index (κ1) is 18.8. The van der Waals surface area contributed by atoms with Crippen LogP contribution < -0.4 is 0 Å². The van der Waals surface area contributed by atoms with Gasteiger partial charge >= 0.3 is 0 Å². The highest BCUT2D eigenvalue weighted by Crippen LogP contribution is 2.18. The largest absolute Gasteiger partial charge is 0.378 e. The van der Waals surface area contributed by atoms with Gasteiger partial charge in [-0.25, -0.2) is 0 Å². The van der Waals surface area contributed by atoms with Gasteiger partial charge in [0.2, 0.25) is 5.91 Å². The van der Waals surface area contributed by atoms with Crippen molar-refractivity contribution in [3.8, 4) is 0 Å². The number of amides is 2. The highest BCUT2D eigenvalue weighted by Gasteiger charge is 2.29. The van der Waals surface area contributed by atoms with Crippen molar-refractivity contribution in [3.63, 3.8) is 0 Å². The summed E-state index contributed by atoms with van der Waals surface area (Å²) in [5.41, 5.74) is 1.47. The van der Waals surface area contributed by atoms with Crippen molar-refractivity contribution in [2.75, 3.05) is 53.0 Å². The van der Waals surface area contributed by atoms with E-state index in [0.29, 0.717) is 38.5 Å². The maximum absolute atomic E-state index is 12.6. The summed E-state index contributed by atoms with van der Waals surface area (Å²) < 4.78 is 7.02. The third kappa shape index (κ3) is 4.24. The van der Waals surface area contributed by atoms with Crippen molar-refractivity contribution in [2.45, 2.75) is 25.8 Å². The van der Waals surface area contributed by atoms with E-state index in [1.807, 2.05) is 36.9 Å². The Morgan fingerprint density at radius 1 is 1.23 bits per heavy atom. The lowest BCUT2D eigenvalue weighted by Gasteiger charge is -2.37. The van der Waals surface area contributed by atoms with Crippen molar-refractivity contribution < 1.29 is 14.3 Å². The SMILES string of the molecule is Cc1cc(C(=O)N(C)C2CCN(CC(=O)N3CCOCC3)CC2)nn1C. The molecule has 2 aliphatic heterocycles. The Balaban J connectivity index is 1.48. The molecular formula is C18H29N5O3. The first-order valence-electron chi connectivity index (χ1n) is 9.31. The number of rotatable bonds is 4. The summed E-state index contributed by atoms with van der Waals surface area (Å²) in [5.74, 6) is 0.150. The summed E-state index contributed by atoms with van der Waals surface area (Å²) in [7, 11) is 3.70. The molecule has 0 N–H and O–H groups in total. The molecule has 144 valence electrons. The number of piperidine rings is 1. The molecule has 0 spiro atoms. The van der Waals surface area contributed by atoms with Gasteiger partial charge in [0.05, 0.1) is 19.8 Å². The highest BCUT2D eigenvalue weighted by molar-refractivity contribution is 5.92. The van der Waals surface area contributed by atoms with Crippen LogP contribution in [0.2, 0.25) is 0 Å². The standard InChI is InChI=1S/C18H29N5O3/c1-14-12-16(19-21(14)3)18(25)20(2)15-4-6-22(7-5-15)13-17(24)23-8-10-26-11-9-23/h12,15H,4-11,13H2,1-3H3. The van der Waals surface area contributed by atoms with Crippen LogP contribution in [0.3, 0.4) is 0 Å². The molecule has 2 amide bonds. The van der Waals surface area contributed by atoms with E-state index in [0.717, 1.165) is 31.6 Å². The monoisotopic (exact) mass is 363 g/mol. The normalized spacial score (nSPS) is 19.6. The van der Waals surface area contributed by atoms with Crippen molar-refractivity contribution in [2.24, 2.45) is 7.05 Å². The highest BCUT2D eigenvalue weighted by atomic mass is 16.5. The Bertz CT molecular complexity index is 626. The molecule has 2 aliphatic rings. The number of aryl methyl sites for hydroxylation is 2. The van der Waals surface area contributed by atoms with Gasteiger partial charge in [0, 0.05) is 52.0 Å². The van der Waals surface area contributed by atoms with Gasteiger partial charge in [-0.3, -0.25) is 19.2 Å². The van der Waals surface area contributed by atoms with Gasteiger partial charge < -0.3 is 14.5 Å². The third-order valence-corrected chi connectivity index (χ3v) is 5.48. The van der Waals surface area contributed by atoms with Crippen LogP contribution in [0.5, 0.6) is 0 Å². The van der Waals surface area contributed by atoms with Crippen molar-refractivity contribution in [1.29, 1.82) is 0 Å². The molecule has 8 nitrogen and oxygen atoms in total. The smallest absolute Gasteiger partial charge is 0.274 e. The molecule has 2 fully saturated rings. The number of likely N-dealkylation sites (tertiary alicyclic amines) is 1. The lowest BCUT2D eigenvalue weighted by atomic mass is 10.0. The average molecular weight is 363 g/mol. The molecule has 0 bridgehead atoms. The molecule has 0 saturated carbocycles. The van der Waals surface area contributed by atoms with E-state index in [-0.39, 0.29) is 17.9 Å². The van der Waals surface area contributed by atoms with Crippen LogP contribution in [0.4, 0.5) is 0 Å². The minimum absolute atomic E-state index is 0.0310. The second-order valence-corrected chi connectivity index (χ2v) is 7.21. The molecule has 26 heavy (non-hydrogen) atoms. The summed E-state index contributed by atoms with van der Waals surface area (Å²) in [4.78, 5) is 30.9. The minimum Gasteiger partial charge on any atom is -0.378 e. The number of carbonyl (C=O) groups is 2. The zero-order chi connectivity index (χ0) is 18.7. The average Bonchev–Trinajstić information content (AvgIpc) is 3.00. The van der Waals surface area contributed by atoms with Crippen LogP contribution in [0.15, 0.2) is 6.07 Å². The number of aromatic nitrogens is 2. The van der Waals surface area contributed by atoms with Gasteiger partial charge in [-0.05, 0) is 25.8 Å². The molecule has 0 aromatic carbocycles. The molecular weight excluding hydrogens is 334 g/mol. The number of carbonyl (C=O) groups excluding carboxylic acids is 2. The first-order valence-corrected chi connectivity index (χ1v) is 9.31. The van der Waals surface area contributed by atoms with E-state index in [1.54, 1.807) is 4.68 Å². The van der Waals surface area contributed by atoms with Gasteiger partial charge in [-0.15, -0.1) is 0 Å². The van der Waals surface area contributed by atoms with Gasteiger partial charge in [-0.1, -0.05) is 0 Å². The van der Waals surface area contributed by atoms with Crippen molar-refractivity contribution in [1.82, 2.24) is 24.5 Å². The second-order valence-electron chi connectivity index (χ2n) is 7.21. The number of morpholine rings is 1. The van der Waals surface area contributed by atoms with E-state index in [1.165, 1.54) is 0 Å². The maximum atomic E-state index is 12.6. The predicted octanol–water partition coefficient (Wildman–Crippen LogP) is 0.124. The predicted molar refractivity (Wildman–Crippen MR) is 96.9 cm³/mol. The summed E-state index contributed by atoms with van der Waals surface area (Å²) >= 11 is 0. The summed E-state index contributed by atoms with van der Waals surface area (Å²) in [6.07, 6.45) is 1.76. The molecule has 3 heterocycles. The van der Waals surface area contributed by atoms with Crippen LogP contribution >= 0.6 is 0 Å². The Labute approximate surface area is 154 Å². The molecule has 0 unspecified atom stereocenters. The maximum Gasteiger partial charge on any atom is 0.274 e. The Morgan fingerprint density at radius 2 is 1.88 bits per heavy atom. The zero-order valence-corrected chi connectivity index (χ0v) is 16.0. The van der Waals surface area contributed by atoms with Crippen molar-refractivity contribution >= 4 is 11.8 Å². The number of hydrogen-bond donors (Lipinski definition) is 0. The molecule has 1 aromatic heterocycles. The van der Waals surface area contributed by atoms with Gasteiger partial charge in [0.1, 0.15) is 0 Å². The van der Waals surface area contributed by atoms with E-state index in [9.17, 15) is 9.59 Å². The Morgan fingerprint density at radius 3 is 2.46 bits per heavy atom. The third-order valence-electron chi connectivity index (χ3n) is 5.48. The zero-order valence-electron chi connectivity index (χ0n) is 16.0. The van der Waals surface area contributed by atoms with Gasteiger partial charge in [0.25, 0.3) is 5.91 Å². The van der Waals surface area contributed by atoms with Crippen LogP contribution in [0.1, 0.15) is 29.0 Å². The van der Waals surface area contributed by atoms with Crippen molar-refractivity contribution in [3.05, 3.63) is 17.5 Å². The fourth-order valence-electron chi connectivity index (χ4n) is 3.58. The lowest BCUT2D eigenvalue weighted by Crippen LogP contribution is -2.50. The van der Waals surface area contributed by atoms with Crippen LogP contribution in [0.25, 0.3) is 0 Å². The Kier molecular flexibility index (Phi) is 5.93. The number of nitrogens with zero attached hydrogens (tertiary/aromatic N) is 5. The van der Waals surface area contributed by atoms with E-state index < -0.39 is 0 Å². The topological polar surface area (TPSA) is 70.9 Å². The fourth-order valence-corrected chi connectivity index (χ4v) is 3.58. The summed E-state index contributed by atoms with van der Waals surface area (Å²) in [6, 6.07) is 2.02. The molecule has 0 atom stereocenters. The molecule has 0 radical (unpaired) electrons. The minimum atomic E-state index is -0.0310. The van der Waals surface area contributed by atoms with E-state index >= 15 is 0 Å². The van der Waals surface area contributed by atoms with E-state index in [4.69, 9.17) is 4.74 Å². The lowest BCUT2D eigenvalue weighted by molar-refractivity contribution is -0.136. The summed E-state index contributed by atoms with van der Waals surface area (Å²) in [5, 5.41) is 4.29. The number of ether oxygens (including phenoxy) is 1. The summed E-state index contributed by atoms with van der Waals surface area (Å²) in [6.45, 7) is 6.71. The molecule has 8 heteroatoms. The first-order chi connectivity index (χ1) is 12.5. The molecule has 1 aromatic rings. The fraction of sp³-hybridized carbons (Fsp3) is 0.722. The van der Waals surface area contributed by atoms with Crippen LogP contribution in [-0.2, 0) is 16.6 Å². The Hall–Kier alpha value is -1.93. The quantitative estimate of drug-likeness (QED) is 0.760. The molecule has 3 rings (SSSR count). The van der Waals surface area contributed by atoms with Gasteiger partial charge in [0.15, 0.2) is 5.69 Å². The molecule has 0 aliphatic carbocycles. The molecule has 2 saturated heterocycles. The van der Waals surface area contributed by atoms with Crippen LogP contribution in [0, 0.1) is 6.92 Å². The van der Waals surface area contributed by atoms with Gasteiger partial charge in [-0.2, -0.15) is 5.10 Å².